The molecule has 1 amide bonds. The molecule has 1 atom stereocenters. The first kappa shape index (κ1) is 15.8. The fraction of sp³-hybridized carbons (Fsp3) is 0.222. The lowest BCUT2D eigenvalue weighted by molar-refractivity contribution is 0.0996. The van der Waals surface area contributed by atoms with Crippen molar-refractivity contribution in [3.63, 3.8) is 0 Å². The SMILES string of the molecule is Cc1cccc(-n2nc3c(c2NC(=O)c2ccco2)C[S@](=O)C3)c1C. The summed E-state index contributed by atoms with van der Waals surface area (Å²) in [6, 6.07) is 9.22. The molecule has 25 heavy (non-hydrogen) atoms. The number of furan rings is 1. The Morgan fingerprint density at radius 1 is 1.24 bits per heavy atom. The Hall–Kier alpha value is -2.67. The van der Waals surface area contributed by atoms with Crippen molar-refractivity contribution >= 4 is 22.5 Å². The molecule has 1 aliphatic heterocycles. The third-order valence-electron chi connectivity index (χ3n) is 4.45. The fourth-order valence-electron chi connectivity index (χ4n) is 2.97. The molecule has 0 saturated carbocycles. The van der Waals surface area contributed by atoms with Crippen LogP contribution in [0.4, 0.5) is 5.82 Å². The first-order chi connectivity index (χ1) is 12.0. The van der Waals surface area contributed by atoms with Crippen molar-refractivity contribution in [1.82, 2.24) is 9.78 Å². The van der Waals surface area contributed by atoms with Gasteiger partial charge in [0.05, 0.1) is 29.2 Å². The number of hydrogen-bond acceptors (Lipinski definition) is 4. The number of aromatic nitrogens is 2. The van der Waals surface area contributed by atoms with Crippen LogP contribution in [0.2, 0.25) is 0 Å². The molecule has 2 aromatic heterocycles. The molecule has 1 aromatic carbocycles. The summed E-state index contributed by atoms with van der Waals surface area (Å²) >= 11 is 0. The van der Waals surface area contributed by atoms with E-state index >= 15 is 0 Å². The topological polar surface area (TPSA) is 77.1 Å². The van der Waals surface area contributed by atoms with Crippen molar-refractivity contribution < 1.29 is 13.4 Å². The van der Waals surface area contributed by atoms with Crippen LogP contribution in [0.25, 0.3) is 5.69 Å². The van der Waals surface area contributed by atoms with E-state index in [1.165, 1.54) is 6.26 Å². The number of rotatable bonds is 3. The molecule has 3 heterocycles. The van der Waals surface area contributed by atoms with Crippen LogP contribution in [0, 0.1) is 13.8 Å². The van der Waals surface area contributed by atoms with E-state index in [0.717, 1.165) is 28.1 Å². The van der Waals surface area contributed by atoms with Crippen LogP contribution in [0.15, 0.2) is 41.0 Å². The lowest BCUT2D eigenvalue weighted by Crippen LogP contribution is -2.16. The monoisotopic (exact) mass is 355 g/mol. The van der Waals surface area contributed by atoms with Crippen molar-refractivity contribution in [2.75, 3.05) is 5.32 Å². The Morgan fingerprint density at radius 2 is 2.08 bits per heavy atom. The predicted octanol–water partition coefficient (Wildman–Crippen LogP) is 3.10. The van der Waals surface area contributed by atoms with Crippen molar-refractivity contribution in [2.45, 2.75) is 25.4 Å². The third-order valence-corrected chi connectivity index (χ3v) is 5.66. The average Bonchev–Trinajstić information content (AvgIpc) is 3.28. The summed E-state index contributed by atoms with van der Waals surface area (Å²) in [6.07, 6.45) is 1.45. The normalized spacial score (nSPS) is 16.0. The molecule has 0 radical (unpaired) electrons. The number of aryl methyl sites for hydroxylation is 1. The molecule has 0 bridgehead atoms. The van der Waals surface area contributed by atoms with E-state index in [4.69, 9.17) is 4.42 Å². The number of carbonyl (C=O) groups excluding carboxylic acids is 1. The number of fused-ring (bicyclic) bond motifs is 1. The molecule has 3 aromatic rings. The Morgan fingerprint density at radius 3 is 2.84 bits per heavy atom. The highest BCUT2D eigenvalue weighted by Crippen LogP contribution is 2.32. The van der Waals surface area contributed by atoms with Crippen LogP contribution >= 0.6 is 0 Å². The molecule has 4 rings (SSSR count). The van der Waals surface area contributed by atoms with Crippen LogP contribution in [-0.2, 0) is 22.3 Å². The van der Waals surface area contributed by atoms with E-state index in [1.54, 1.807) is 16.8 Å². The molecule has 1 aliphatic rings. The van der Waals surface area contributed by atoms with Crippen LogP contribution in [0.5, 0.6) is 0 Å². The highest BCUT2D eigenvalue weighted by Gasteiger charge is 2.29. The summed E-state index contributed by atoms with van der Waals surface area (Å²) in [4.78, 5) is 12.5. The average molecular weight is 355 g/mol. The maximum absolute atomic E-state index is 12.5. The van der Waals surface area contributed by atoms with Crippen LogP contribution < -0.4 is 5.32 Å². The highest BCUT2D eigenvalue weighted by atomic mass is 32.2. The molecule has 128 valence electrons. The highest BCUT2D eigenvalue weighted by molar-refractivity contribution is 7.83. The van der Waals surface area contributed by atoms with Gasteiger partial charge in [-0.15, -0.1) is 0 Å². The zero-order chi connectivity index (χ0) is 17.6. The summed E-state index contributed by atoms with van der Waals surface area (Å²) in [5, 5.41) is 7.52. The van der Waals surface area contributed by atoms with Crippen LogP contribution in [-0.4, -0.2) is 19.9 Å². The molecule has 1 N–H and O–H groups in total. The minimum Gasteiger partial charge on any atom is -0.459 e. The minimum atomic E-state index is -0.975. The fourth-order valence-corrected chi connectivity index (χ4v) is 4.24. The number of nitrogens with zero attached hydrogens (tertiary/aromatic N) is 2. The molecule has 6 nitrogen and oxygen atoms in total. The Labute approximate surface area is 147 Å². The van der Waals surface area contributed by atoms with Crippen molar-refractivity contribution in [3.05, 3.63) is 64.7 Å². The minimum absolute atomic E-state index is 0.224. The molecule has 0 spiro atoms. The van der Waals surface area contributed by atoms with E-state index in [1.807, 2.05) is 32.0 Å². The van der Waals surface area contributed by atoms with Gasteiger partial charge >= 0.3 is 0 Å². The summed E-state index contributed by atoms with van der Waals surface area (Å²) in [5.74, 6) is 1.25. The maximum atomic E-state index is 12.5. The van der Waals surface area contributed by atoms with Crippen molar-refractivity contribution in [3.8, 4) is 5.69 Å². The number of hydrogen-bond donors (Lipinski definition) is 1. The third kappa shape index (κ3) is 2.70. The molecule has 7 heteroatoms. The van der Waals surface area contributed by atoms with Crippen LogP contribution in [0.3, 0.4) is 0 Å². The number of benzene rings is 1. The molecule has 0 aliphatic carbocycles. The van der Waals surface area contributed by atoms with Gasteiger partial charge in [-0.05, 0) is 43.2 Å². The smallest absolute Gasteiger partial charge is 0.292 e. The zero-order valence-electron chi connectivity index (χ0n) is 13.9. The number of nitrogens with one attached hydrogen (secondary N) is 1. The lowest BCUT2D eigenvalue weighted by atomic mass is 10.1. The quantitative estimate of drug-likeness (QED) is 0.783. The van der Waals surface area contributed by atoms with Crippen molar-refractivity contribution in [2.24, 2.45) is 0 Å². The second-order valence-electron chi connectivity index (χ2n) is 6.06. The standard InChI is InChI=1S/C18H17N3O3S/c1-11-5-3-6-15(12(11)2)21-17(13-9-25(23)10-14(13)20-21)19-18(22)16-7-4-8-24-16/h3-8H,9-10H2,1-2H3,(H,19,22)/t25-/m0/s1. The van der Waals surface area contributed by atoms with E-state index in [9.17, 15) is 9.00 Å². The largest absolute Gasteiger partial charge is 0.459 e. The number of carbonyl (C=O) groups is 1. The molecular formula is C18H17N3O3S. The van der Waals surface area contributed by atoms with Gasteiger partial charge in [-0.3, -0.25) is 9.00 Å². The van der Waals surface area contributed by atoms with Gasteiger partial charge in [0.2, 0.25) is 0 Å². The second-order valence-corrected chi connectivity index (χ2v) is 7.52. The lowest BCUT2D eigenvalue weighted by Gasteiger charge is -2.13. The van der Waals surface area contributed by atoms with E-state index in [-0.39, 0.29) is 11.7 Å². The first-order valence-corrected chi connectivity index (χ1v) is 9.40. The van der Waals surface area contributed by atoms with Gasteiger partial charge in [0, 0.05) is 16.4 Å². The number of anilines is 1. The summed E-state index contributed by atoms with van der Waals surface area (Å²) in [6.45, 7) is 4.06. The van der Waals surface area contributed by atoms with Gasteiger partial charge in [0.1, 0.15) is 5.82 Å². The molecule has 0 saturated heterocycles. The van der Waals surface area contributed by atoms with Gasteiger partial charge in [0.15, 0.2) is 5.76 Å². The molecular weight excluding hydrogens is 338 g/mol. The molecule has 0 unspecified atom stereocenters. The van der Waals surface area contributed by atoms with Gasteiger partial charge in [-0.25, -0.2) is 4.68 Å². The summed E-state index contributed by atoms with van der Waals surface area (Å²) in [5.41, 5.74) is 4.72. The van der Waals surface area contributed by atoms with Gasteiger partial charge in [0.25, 0.3) is 5.91 Å². The van der Waals surface area contributed by atoms with Gasteiger partial charge in [-0.1, -0.05) is 12.1 Å². The zero-order valence-corrected chi connectivity index (χ0v) is 14.7. The molecule has 0 fully saturated rings. The summed E-state index contributed by atoms with van der Waals surface area (Å²) in [7, 11) is -0.975. The van der Waals surface area contributed by atoms with Gasteiger partial charge < -0.3 is 9.73 Å². The Bertz CT molecular complexity index is 989. The second kappa shape index (κ2) is 6.00. The van der Waals surface area contributed by atoms with E-state index < -0.39 is 10.8 Å². The van der Waals surface area contributed by atoms with E-state index in [0.29, 0.717) is 17.3 Å². The Kier molecular flexibility index (Phi) is 3.80. The first-order valence-electron chi connectivity index (χ1n) is 7.92. The Balaban J connectivity index is 1.83. The number of amides is 1. The van der Waals surface area contributed by atoms with Crippen LogP contribution in [0.1, 0.15) is 32.9 Å². The maximum Gasteiger partial charge on any atom is 0.292 e. The van der Waals surface area contributed by atoms with Crippen molar-refractivity contribution in [1.29, 1.82) is 0 Å². The van der Waals surface area contributed by atoms with E-state index in [2.05, 4.69) is 10.4 Å². The predicted molar refractivity (Wildman–Crippen MR) is 95.2 cm³/mol. The summed E-state index contributed by atoms with van der Waals surface area (Å²) < 4.78 is 18.8. The van der Waals surface area contributed by atoms with Gasteiger partial charge in [-0.2, -0.15) is 5.10 Å².